The SMILES string of the molecule is CCCCCCCCN(CCCCCCCC)C[C@H]1C[C@@H](c2ccc(CO)cc2)O[C@@H](c2ccc(NC(=O)[C@@H]3CCCN3C(=O)C(F)(F)F)cc2)O1. The highest BCUT2D eigenvalue weighted by Crippen LogP contribution is 2.38. The van der Waals surface area contributed by atoms with Gasteiger partial charge in [-0.25, -0.2) is 0 Å². The number of nitrogens with one attached hydrogen (secondary N) is 1. The van der Waals surface area contributed by atoms with Crippen molar-refractivity contribution in [2.24, 2.45) is 0 Å². The van der Waals surface area contributed by atoms with Gasteiger partial charge in [0.2, 0.25) is 5.91 Å². The minimum absolute atomic E-state index is 0.0354. The molecule has 0 spiro atoms. The predicted octanol–water partition coefficient (Wildman–Crippen LogP) is 9.24. The number of rotatable bonds is 21. The third kappa shape index (κ3) is 13.1. The Hall–Kier alpha value is -2.99. The van der Waals surface area contributed by atoms with Crippen molar-refractivity contribution >= 4 is 17.5 Å². The van der Waals surface area contributed by atoms with Crippen molar-refractivity contribution in [2.45, 2.75) is 147 Å². The standard InChI is InChI=1S/C41H60F3N3O5/c1-3-5-7-9-11-13-25-46(26-14-12-10-8-6-4-2)29-35-28-37(32-19-17-31(30-48)18-20-32)52-39(51-35)33-21-23-34(24-22-33)45-38(49)36-16-15-27-47(36)40(50)41(42,43)44/h17-24,35-37,39,48H,3-16,25-30H2,1-2H3,(H,45,49)/t35-,36+,37+,39+/m1/s1. The summed E-state index contributed by atoms with van der Waals surface area (Å²) in [6.45, 7) is 7.19. The maximum atomic E-state index is 13.1. The van der Waals surface area contributed by atoms with Gasteiger partial charge < -0.3 is 29.7 Å². The smallest absolute Gasteiger partial charge is 0.392 e. The lowest BCUT2D eigenvalue weighted by Gasteiger charge is -2.38. The zero-order valence-corrected chi connectivity index (χ0v) is 31.2. The van der Waals surface area contributed by atoms with Crippen LogP contribution in [-0.4, -0.2) is 71.2 Å². The van der Waals surface area contributed by atoms with Crippen LogP contribution in [0.25, 0.3) is 0 Å². The van der Waals surface area contributed by atoms with E-state index in [1.165, 1.54) is 64.2 Å². The molecule has 0 aliphatic carbocycles. The van der Waals surface area contributed by atoms with Crippen molar-refractivity contribution in [1.29, 1.82) is 0 Å². The number of unbranched alkanes of at least 4 members (excludes halogenated alkanes) is 10. The maximum absolute atomic E-state index is 13.1. The van der Waals surface area contributed by atoms with Gasteiger partial charge in [0.05, 0.1) is 18.8 Å². The molecule has 0 saturated carbocycles. The number of amides is 2. The van der Waals surface area contributed by atoms with Crippen molar-refractivity contribution in [2.75, 3.05) is 31.5 Å². The zero-order valence-electron chi connectivity index (χ0n) is 31.2. The minimum Gasteiger partial charge on any atom is -0.392 e. The average molecular weight is 732 g/mol. The van der Waals surface area contributed by atoms with E-state index in [0.29, 0.717) is 23.4 Å². The van der Waals surface area contributed by atoms with E-state index in [4.69, 9.17) is 9.47 Å². The van der Waals surface area contributed by atoms with Gasteiger partial charge in [0.25, 0.3) is 0 Å². The molecule has 2 aliphatic heterocycles. The fourth-order valence-corrected chi connectivity index (χ4v) is 7.24. The Morgan fingerprint density at radius 3 is 1.98 bits per heavy atom. The number of carbonyl (C=O) groups excluding carboxylic acids is 2. The summed E-state index contributed by atoms with van der Waals surface area (Å²) in [6.07, 6.45) is 10.1. The number of aliphatic hydroxyl groups is 1. The second-order valence-electron chi connectivity index (χ2n) is 14.5. The van der Waals surface area contributed by atoms with Crippen LogP contribution in [0.2, 0.25) is 0 Å². The van der Waals surface area contributed by atoms with Crippen molar-refractivity contribution in [1.82, 2.24) is 9.80 Å². The Balaban J connectivity index is 1.45. The maximum Gasteiger partial charge on any atom is 0.471 e. The largest absolute Gasteiger partial charge is 0.471 e. The summed E-state index contributed by atoms with van der Waals surface area (Å²) in [6, 6.07) is 13.6. The highest BCUT2D eigenvalue weighted by atomic mass is 19.4. The van der Waals surface area contributed by atoms with E-state index >= 15 is 0 Å². The van der Waals surface area contributed by atoms with Crippen molar-refractivity contribution in [3.8, 4) is 0 Å². The molecule has 11 heteroatoms. The molecule has 2 amide bonds. The lowest BCUT2D eigenvalue weighted by atomic mass is 9.99. The molecule has 0 aromatic heterocycles. The van der Waals surface area contributed by atoms with E-state index in [1.807, 2.05) is 24.3 Å². The molecule has 4 atom stereocenters. The number of hydrogen-bond acceptors (Lipinski definition) is 6. The second-order valence-corrected chi connectivity index (χ2v) is 14.5. The van der Waals surface area contributed by atoms with Crippen LogP contribution in [0.1, 0.15) is 139 Å². The Morgan fingerprint density at radius 2 is 1.40 bits per heavy atom. The summed E-state index contributed by atoms with van der Waals surface area (Å²) in [4.78, 5) is 28.0. The van der Waals surface area contributed by atoms with Crippen LogP contribution >= 0.6 is 0 Å². The first-order valence-electron chi connectivity index (χ1n) is 19.6. The summed E-state index contributed by atoms with van der Waals surface area (Å²) in [5.41, 5.74) is 3.00. The molecule has 2 saturated heterocycles. The molecule has 2 aromatic carbocycles. The summed E-state index contributed by atoms with van der Waals surface area (Å²) < 4.78 is 52.5. The van der Waals surface area contributed by atoms with E-state index in [0.717, 1.165) is 49.2 Å². The number of alkyl halides is 3. The summed E-state index contributed by atoms with van der Waals surface area (Å²) >= 11 is 0. The predicted molar refractivity (Wildman–Crippen MR) is 197 cm³/mol. The Morgan fingerprint density at radius 1 is 0.827 bits per heavy atom. The van der Waals surface area contributed by atoms with Crippen LogP contribution in [0.5, 0.6) is 0 Å². The molecule has 0 unspecified atom stereocenters. The number of ether oxygens (including phenoxy) is 2. The molecule has 290 valence electrons. The van der Waals surface area contributed by atoms with Crippen LogP contribution < -0.4 is 5.32 Å². The van der Waals surface area contributed by atoms with Crippen molar-refractivity contribution < 1.29 is 37.3 Å². The van der Waals surface area contributed by atoms with Gasteiger partial charge in [0, 0.05) is 30.8 Å². The number of nitrogens with zero attached hydrogens (tertiary/aromatic N) is 2. The molecule has 0 bridgehead atoms. The molecule has 2 heterocycles. The molecular formula is C41H60F3N3O5. The van der Waals surface area contributed by atoms with Gasteiger partial charge >= 0.3 is 12.1 Å². The Bertz CT molecular complexity index is 1320. The molecule has 52 heavy (non-hydrogen) atoms. The number of carbonyl (C=O) groups is 2. The topological polar surface area (TPSA) is 91.3 Å². The van der Waals surface area contributed by atoms with Gasteiger partial charge in [-0.15, -0.1) is 0 Å². The van der Waals surface area contributed by atoms with E-state index in [9.17, 15) is 27.9 Å². The molecule has 2 N–H and O–H groups in total. The van der Waals surface area contributed by atoms with E-state index in [-0.39, 0.29) is 31.8 Å². The van der Waals surface area contributed by atoms with E-state index in [1.54, 1.807) is 24.3 Å². The third-order valence-electron chi connectivity index (χ3n) is 10.2. The number of anilines is 1. The first-order chi connectivity index (χ1) is 25.1. The quantitative estimate of drug-likeness (QED) is 0.125. The van der Waals surface area contributed by atoms with Crippen LogP contribution in [0.15, 0.2) is 48.5 Å². The third-order valence-corrected chi connectivity index (χ3v) is 10.2. The zero-order chi connectivity index (χ0) is 37.3. The van der Waals surface area contributed by atoms with Crippen LogP contribution in [-0.2, 0) is 25.7 Å². The molecule has 8 nitrogen and oxygen atoms in total. The first kappa shape index (κ1) is 41.8. The minimum atomic E-state index is -5.03. The van der Waals surface area contributed by atoms with Gasteiger partial charge in [-0.1, -0.05) is 114 Å². The molecular weight excluding hydrogens is 671 g/mol. The molecule has 0 radical (unpaired) electrons. The van der Waals surface area contributed by atoms with Crippen molar-refractivity contribution in [3.05, 3.63) is 65.2 Å². The number of likely N-dealkylation sites (tertiary alicyclic amines) is 1. The average Bonchev–Trinajstić information content (AvgIpc) is 3.64. The van der Waals surface area contributed by atoms with Crippen molar-refractivity contribution in [3.63, 3.8) is 0 Å². The van der Waals surface area contributed by atoms with E-state index in [2.05, 4.69) is 24.1 Å². The molecule has 2 fully saturated rings. The fraction of sp³-hybridized carbons (Fsp3) is 0.659. The van der Waals surface area contributed by atoms with E-state index < -0.39 is 30.3 Å². The van der Waals surface area contributed by atoms with Gasteiger partial charge in [-0.2, -0.15) is 13.2 Å². The Kier molecular flexibility index (Phi) is 17.4. The second kappa shape index (κ2) is 21.6. The van der Waals surface area contributed by atoms with Crippen LogP contribution in [0.4, 0.5) is 18.9 Å². The first-order valence-corrected chi connectivity index (χ1v) is 19.6. The number of halogens is 3. The molecule has 4 rings (SSSR count). The Labute approximate surface area is 308 Å². The molecule has 2 aromatic rings. The van der Waals surface area contributed by atoms with Crippen LogP contribution in [0.3, 0.4) is 0 Å². The van der Waals surface area contributed by atoms with Gasteiger partial charge in [0.1, 0.15) is 6.04 Å². The van der Waals surface area contributed by atoms with Gasteiger partial charge in [0.15, 0.2) is 6.29 Å². The van der Waals surface area contributed by atoms with Crippen LogP contribution in [0, 0.1) is 0 Å². The summed E-state index contributed by atoms with van der Waals surface area (Å²) in [5, 5.41) is 12.3. The number of benzene rings is 2. The summed E-state index contributed by atoms with van der Waals surface area (Å²) in [5.74, 6) is -2.63. The monoisotopic (exact) mass is 731 g/mol. The highest BCUT2D eigenvalue weighted by Gasteiger charge is 2.47. The highest BCUT2D eigenvalue weighted by molar-refractivity contribution is 5.98. The number of hydrogen-bond donors (Lipinski definition) is 2. The lowest BCUT2D eigenvalue weighted by molar-refractivity contribution is -0.253. The molecule has 2 aliphatic rings. The van der Waals surface area contributed by atoms with Gasteiger partial charge in [-0.3, -0.25) is 9.59 Å². The summed E-state index contributed by atoms with van der Waals surface area (Å²) in [7, 11) is 0. The normalized spacial score (nSPS) is 20.8. The number of aliphatic hydroxyl groups excluding tert-OH is 1. The fourth-order valence-electron chi connectivity index (χ4n) is 7.24. The van der Waals surface area contributed by atoms with Gasteiger partial charge in [-0.05, 0) is 62.0 Å². The lowest BCUT2D eigenvalue weighted by Crippen LogP contribution is -2.48.